The number of rotatable bonds is 7. The van der Waals surface area contributed by atoms with Gasteiger partial charge in [0.2, 0.25) is 10.0 Å². The number of aliphatic hydroxyl groups is 1. The number of esters is 1. The van der Waals surface area contributed by atoms with Crippen LogP contribution < -0.4 is 4.72 Å². The summed E-state index contributed by atoms with van der Waals surface area (Å²) >= 11 is 2.59. The van der Waals surface area contributed by atoms with Gasteiger partial charge in [-0.15, -0.1) is 22.7 Å². The molecule has 0 amide bonds. The Morgan fingerprint density at radius 1 is 1.33 bits per heavy atom. The summed E-state index contributed by atoms with van der Waals surface area (Å²) in [7, 11) is -2.60. The molecule has 0 aliphatic heterocycles. The van der Waals surface area contributed by atoms with E-state index in [1.54, 1.807) is 12.3 Å². The minimum absolute atomic E-state index is 0.0386. The largest absolute Gasteiger partial charge is 0.465 e. The molecule has 0 unspecified atom stereocenters. The van der Waals surface area contributed by atoms with Crippen molar-refractivity contribution in [1.29, 1.82) is 0 Å². The first-order chi connectivity index (χ1) is 12.8. The molecule has 0 saturated heterocycles. The van der Waals surface area contributed by atoms with E-state index in [4.69, 9.17) is 0 Å². The first-order valence-corrected chi connectivity index (χ1v) is 11.9. The first-order valence-electron chi connectivity index (χ1n) is 8.73. The summed E-state index contributed by atoms with van der Waals surface area (Å²) in [5.41, 5.74) is -0.272. The minimum Gasteiger partial charge on any atom is -0.465 e. The van der Waals surface area contributed by atoms with E-state index in [-0.39, 0.29) is 21.7 Å². The Kier molecular flexibility index (Phi) is 6.07. The number of methoxy groups -OCH3 is 1. The van der Waals surface area contributed by atoms with E-state index in [1.165, 1.54) is 24.5 Å². The van der Waals surface area contributed by atoms with E-state index in [0.29, 0.717) is 0 Å². The highest BCUT2D eigenvalue weighted by molar-refractivity contribution is 7.89. The topological polar surface area (TPSA) is 92.7 Å². The lowest BCUT2D eigenvalue weighted by molar-refractivity contribution is 0.0602. The second-order valence-corrected chi connectivity index (χ2v) is 10.6. The van der Waals surface area contributed by atoms with Gasteiger partial charge in [-0.3, -0.25) is 0 Å². The van der Waals surface area contributed by atoms with E-state index in [9.17, 15) is 18.3 Å². The van der Waals surface area contributed by atoms with Gasteiger partial charge in [0, 0.05) is 21.7 Å². The Bertz CT molecular complexity index is 907. The number of hydrogen-bond acceptors (Lipinski definition) is 7. The Balaban J connectivity index is 1.84. The molecule has 1 aliphatic carbocycles. The van der Waals surface area contributed by atoms with Crippen LogP contribution in [0.25, 0.3) is 0 Å². The quantitative estimate of drug-likeness (QED) is 0.658. The Morgan fingerprint density at radius 2 is 2.04 bits per heavy atom. The lowest BCUT2D eigenvalue weighted by Crippen LogP contribution is -2.38. The van der Waals surface area contributed by atoms with Crippen molar-refractivity contribution in [2.75, 3.05) is 13.7 Å². The summed E-state index contributed by atoms with van der Waals surface area (Å²) in [5.74, 6) is -0.652. The maximum absolute atomic E-state index is 12.8. The van der Waals surface area contributed by atoms with E-state index in [0.717, 1.165) is 46.8 Å². The molecule has 2 N–H and O–H groups in total. The zero-order valence-corrected chi connectivity index (χ0v) is 17.7. The van der Waals surface area contributed by atoms with Crippen LogP contribution in [0.15, 0.2) is 28.5 Å². The summed E-state index contributed by atoms with van der Waals surface area (Å²) in [6.45, 7) is 2.00. The van der Waals surface area contributed by atoms with Gasteiger partial charge in [0.25, 0.3) is 0 Å². The molecule has 1 aliphatic rings. The molecule has 27 heavy (non-hydrogen) atoms. The van der Waals surface area contributed by atoms with Gasteiger partial charge in [-0.25, -0.2) is 17.9 Å². The lowest BCUT2D eigenvalue weighted by atomic mass is 9.85. The molecular weight excluding hydrogens is 406 g/mol. The molecule has 148 valence electrons. The van der Waals surface area contributed by atoms with E-state index in [2.05, 4.69) is 9.46 Å². The van der Waals surface area contributed by atoms with Gasteiger partial charge in [0.1, 0.15) is 9.77 Å². The molecular formula is C18H23NO5S3. The van der Waals surface area contributed by atoms with Crippen molar-refractivity contribution in [3.05, 3.63) is 38.2 Å². The van der Waals surface area contributed by atoms with Crippen LogP contribution in [0.5, 0.6) is 0 Å². The summed E-state index contributed by atoms with van der Waals surface area (Å²) < 4.78 is 33.1. The first kappa shape index (κ1) is 20.5. The molecule has 3 rings (SSSR count). The average Bonchev–Trinajstić information content (AvgIpc) is 3.39. The number of thiophene rings is 2. The van der Waals surface area contributed by atoms with Crippen LogP contribution in [0.2, 0.25) is 0 Å². The van der Waals surface area contributed by atoms with Crippen LogP contribution >= 0.6 is 22.7 Å². The van der Waals surface area contributed by atoms with Crippen molar-refractivity contribution in [2.45, 2.75) is 49.0 Å². The fourth-order valence-corrected chi connectivity index (χ4v) is 7.14. The maximum Gasteiger partial charge on any atom is 0.349 e. The third-order valence-corrected chi connectivity index (χ3v) is 8.98. The van der Waals surface area contributed by atoms with Crippen LogP contribution in [0.3, 0.4) is 0 Å². The van der Waals surface area contributed by atoms with Gasteiger partial charge in [-0.05, 0) is 43.3 Å². The highest BCUT2D eigenvalue weighted by Gasteiger charge is 2.38. The second kappa shape index (κ2) is 8.00. The maximum atomic E-state index is 12.8. The Labute approximate surface area is 167 Å². The predicted octanol–water partition coefficient (Wildman–Crippen LogP) is 3.44. The molecule has 2 aromatic rings. The van der Waals surface area contributed by atoms with Gasteiger partial charge in [-0.2, -0.15) is 0 Å². The van der Waals surface area contributed by atoms with Crippen LogP contribution in [0, 0.1) is 0 Å². The number of nitrogens with one attached hydrogen (secondary N) is 1. The molecule has 6 nitrogen and oxygen atoms in total. The zero-order valence-electron chi connectivity index (χ0n) is 15.2. The molecule has 0 aromatic carbocycles. The SMILES string of the molecule is COC(=O)c1sccc1S(=O)(=O)NCC1(c2ccc([C@H](C)O)s2)CCCC1. The van der Waals surface area contributed by atoms with Gasteiger partial charge in [0.15, 0.2) is 0 Å². The monoisotopic (exact) mass is 429 g/mol. The van der Waals surface area contributed by atoms with E-state index in [1.807, 2.05) is 12.1 Å². The number of carbonyl (C=O) groups is 1. The van der Waals surface area contributed by atoms with Crippen molar-refractivity contribution in [1.82, 2.24) is 4.72 Å². The fourth-order valence-electron chi connectivity index (χ4n) is 3.49. The van der Waals surface area contributed by atoms with Crippen molar-refractivity contribution in [3.8, 4) is 0 Å². The van der Waals surface area contributed by atoms with Crippen molar-refractivity contribution in [2.24, 2.45) is 0 Å². The number of ether oxygens (including phenoxy) is 1. The molecule has 1 fully saturated rings. The zero-order chi connectivity index (χ0) is 19.7. The molecule has 9 heteroatoms. The molecule has 1 saturated carbocycles. The van der Waals surface area contributed by atoms with Crippen LogP contribution in [-0.2, 0) is 20.2 Å². The second-order valence-electron chi connectivity index (χ2n) is 6.80. The third kappa shape index (κ3) is 4.12. The number of carbonyl (C=O) groups excluding carboxylic acids is 1. The molecule has 0 radical (unpaired) electrons. The molecule has 1 atom stereocenters. The smallest absolute Gasteiger partial charge is 0.349 e. The lowest BCUT2D eigenvalue weighted by Gasteiger charge is -2.28. The normalized spacial score (nSPS) is 17.7. The van der Waals surface area contributed by atoms with Crippen molar-refractivity contribution < 1.29 is 23.1 Å². The minimum atomic E-state index is -3.83. The van der Waals surface area contributed by atoms with Gasteiger partial charge in [-0.1, -0.05) is 12.8 Å². The summed E-state index contributed by atoms with van der Waals surface area (Å²) in [6.07, 6.45) is 3.32. The number of hydrogen-bond donors (Lipinski definition) is 2. The van der Waals surface area contributed by atoms with Crippen LogP contribution in [0.4, 0.5) is 0 Å². The van der Waals surface area contributed by atoms with Crippen LogP contribution in [-0.4, -0.2) is 33.1 Å². The number of aliphatic hydroxyl groups excluding tert-OH is 1. The Morgan fingerprint density at radius 3 is 2.63 bits per heavy atom. The number of sulfonamides is 1. The van der Waals surface area contributed by atoms with Gasteiger partial charge >= 0.3 is 5.97 Å². The highest BCUT2D eigenvalue weighted by atomic mass is 32.2. The van der Waals surface area contributed by atoms with Crippen molar-refractivity contribution >= 4 is 38.7 Å². The van der Waals surface area contributed by atoms with Crippen molar-refractivity contribution in [3.63, 3.8) is 0 Å². The summed E-state index contributed by atoms with van der Waals surface area (Å²) in [6, 6.07) is 5.33. The Hall–Kier alpha value is -1.26. The van der Waals surface area contributed by atoms with E-state index < -0.39 is 22.1 Å². The van der Waals surface area contributed by atoms with E-state index >= 15 is 0 Å². The molecule has 0 bridgehead atoms. The average molecular weight is 430 g/mol. The summed E-state index contributed by atoms with van der Waals surface area (Å²) in [5, 5.41) is 11.4. The standard InChI is InChI=1S/C18H23NO5S3/c1-12(20)13-5-6-15(26-13)18(8-3-4-9-18)11-19-27(22,23)14-7-10-25-16(14)17(21)24-2/h5-7,10,12,19-20H,3-4,8-9,11H2,1-2H3/t12-/m0/s1. The molecule has 0 spiro atoms. The summed E-state index contributed by atoms with van der Waals surface area (Å²) in [4.78, 5) is 13.8. The van der Waals surface area contributed by atoms with Gasteiger partial charge < -0.3 is 9.84 Å². The molecule has 2 heterocycles. The third-order valence-electron chi connectivity index (χ3n) is 5.01. The highest BCUT2D eigenvalue weighted by Crippen LogP contribution is 2.44. The van der Waals surface area contributed by atoms with Crippen LogP contribution in [0.1, 0.15) is 58.1 Å². The molecule has 2 aromatic heterocycles. The van der Waals surface area contributed by atoms with Gasteiger partial charge in [0.05, 0.1) is 13.2 Å². The fraction of sp³-hybridized carbons (Fsp3) is 0.500. The predicted molar refractivity (Wildman–Crippen MR) is 106 cm³/mol.